The highest BCUT2D eigenvalue weighted by atomic mass is 32.2. The summed E-state index contributed by atoms with van der Waals surface area (Å²) in [6.07, 6.45) is 1.46. The Labute approximate surface area is 203 Å². The molecule has 2 aromatic carbocycles. The summed E-state index contributed by atoms with van der Waals surface area (Å²) in [6, 6.07) is 14.4. The number of nitrogens with one attached hydrogen (secondary N) is 1. The minimum absolute atomic E-state index is 0.0132. The van der Waals surface area contributed by atoms with Crippen LogP contribution in [0.5, 0.6) is 0 Å². The summed E-state index contributed by atoms with van der Waals surface area (Å²) in [4.78, 5) is 27.7. The number of aryl methyl sites for hydroxylation is 2. The predicted octanol–water partition coefficient (Wildman–Crippen LogP) is 4.31. The van der Waals surface area contributed by atoms with E-state index in [0.29, 0.717) is 16.8 Å². The maximum Gasteiger partial charge on any atom is 0.338 e. The molecule has 0 aliphatic heterocycles. The fourth-order valence-electron chi connectivity index (χ4n) is 3.76. The van der Waals surface area contributed by atoms with Crippen LogP contribution in [-0.2, 0) is 27.8 Å². The minimum Gasteiger partial charge on any atom is -0.468 e. The molecule has 0 spiro atoms. The van der Waals surface area contributed by atoms with Gasteiger partial charge < -0.3 is 14.1 Å². The third-order valence-corrected chi connectivity index (χ3v) is 7.60. The summed E-state index contributed by atoms with van der Waals surface area (Å²) in [5, 5.41) is 0.817. The van der Waals surface area contributed by atoms with Crippen molar-refractivity contribution >= 4 is 26.9 Å². The van der Waals surface area contributed by atoms with E-state index in [1.807, 2.05) is 26.0 Å². The van der Waals surface area contributed by atoms with Gasteiger partial charge in [0, 0.05) is 17.6 Å². The number of aromatic nitrogens is 1. The minimum atomic E-state index is -4.05. The average molecular weight is 495 g/mol. The van der Waals surface area contributed by atoms with Crippen molar-refractivity contribution in [1.29, 1.82) is 0 Å². The number of carbonyl (C=O) groups is 1. The normalized spacial score (nSPS) is 11.8. The van der Waals surface area contributed by atoms with Crippen LogP contribution in [0.4, 0.5) is 0 Å². The second-order valence-corrected chi connectivity index (χ2v) is 10.2. The van der Waals surface area contributed by atoms with E-state index >= 15 is 0 Å². The number of sulfonamides is 1. The molecule has 4 rings (SSSR count). The predicted molar refractivity (Wildman–Crippen MR) is 132 cm³/mol. The first-order chi connectivity index (χ1) is 16.7. The summed E-state index contributed by atoms with van der Waals surface area (Å²) < 4.78 is 38.7. The lowest BCUT2D eigenvalue weighted by Gasteiger charge is -2.21. The van der Waals surface area contributed by atoms with E-state index < -0.39 is 16.0 Å². The summed E-state index contributed by atoms with van der Waals surface area (Å²) in [5.74, 6) is -0.0995. The van der Waals surface area contributed by atoms with Crippen molar-refractivity contribution in [3.05, 3.63) is 99.2 Å². The molecule has 9 heteroatoms. The Bertz CT molecular complexity index is 1520. The van der Waals surface area contributed by atoms with Crippen molar-refractivity contribution in [3.8, 4) is 0 Å². The number of benzene rings is 2. The standard InChI is InChI=1S/C26H26N2O6S/c1-4-33-26(30)19-7-9-23(10-8-19)35(31,32)28(16-22-6-5-11-34-22)15-21-14-20-12-17(2)18(3)13-24(20)27-25(21)29/h5-14H,4,15-16H2,1-3H3,(H,27,29). The Hall–Kier alpha value is -3.69. The number of pyridine rings is 1. The monoisotopic (exact) mass is 494 g/mol. The van der Waals surface area contributed by atoms with Gasteiger partial charge in [-0.3, -0.25) is 4.79 Å². The molecule has 8 nitrogen and oxygen atoms in total. The second-order valence-electron chi connectivity index (χ2n) is 8.24. The fraction of sp³-hybridized carbons (Fsp3) is 0.231. The van der Waals surface area contributed by atoms with Gasteiger partial charge in [-0.25, -0.2) is 13.2 Å². The second kappa shape index (κ2) is 9.89. The molecule has 0 aliphatic rings. The van der Waals surface area contributed by atoms with E-state index in [-0.39, 0.29) is 35.7 Å². The lowest BCUT2D eigenvalue weighted by atomic mass is 10.0. The molecule has 0 radical (unpaired) electrons. The van der Waals surface area contributed by atoms with E-state index in [1.54, 1.807) is 25.1 Å². The molecule has 0 unspecified atom stereocenters. The number of aromatic amines is 1. The van der Waals surface area contributed by atoms with Crippen LogP contribution in [0.25, 0.3) is 10.9 Å². The Morgan fingerprint density at radius 2 is 1.74 bits per heavy atom. The van der Waals surface area contributed by atoms with Crippen molar-refractivity contribution in [3.63, 3.8) is 0 Å². The van der Waals surface area contributed by atoms with Gasteiger partial charge in [-0.2, -0.15) is 4.31 Å². The molecule has 4 aromatic rings. The van der Waals surface area contributed by atoms with Gasteiger partial charge in [0.15, 0.2) is 0 Å². The first-order valence-electron chi connectivity index (χ1n) is 11.1. The van der Waals surface area contributed by atoms with Crippen molar-refractivity contribution in [2.24, 2.45) is 0 Å². The topological polar surface area (TPSA) is 110 Å². The smallest absolute Gasteiger partial charge is 0.338 e. The quantitative estimate of drug-likeness (QED) is 0.366. The number of rotatable bonds is 8. The molecule has 2 heterocycles. The van der Waals surface area contributed by atoms with Crippen LogP contribution in [0.2, 0.25) is 0 Å². The van der Waals surface area contributed by atoms with Gasteiger partial charge in [-0.15, -0.1) is 0 Å². The summed E-state index contributed by atoms with van der Waals surface area (Å²) >= 11 is 0. The molecule has 0 amide bonds. The number of fused-ring (bicyclic) bond motifs is 1. The number of ether oxygens (including phenoxy) is 1. The fourth-order valence-corrected chi connectivity index (χ4v) is 5.14. The number of esters is 1. The summed E-state index contributed by atoms with van der Waals surface area (Å²) in [5.41, 5.74) is 3.00. The highest BCUT2D eigenvalue weighted by Crippen LogP contribution is 2.23. The maximum atomic E-state index is 13.6. The number of carbonyl (C=O) groups excluding carboxylic acids is 1. The largest absolute Gasteiger partial charge is 0.468 e. The molecular weight excluding hydrogens is 468 g/mol. The molecule has 0 saturated heterocycles. The average Bonchev–Trinajstić information content (AvgIpc) is 3.34. The molecule has 0 aliphatic carbocycles. The first kappa shape index (κ1) is 24.4. The Balaban J connectivity index is 1.72. The van der Waals surface area contributed by atoms with Crippen LogP contribution in [0, 0.1) is 13.8 Å². The molecule has 0 saturated carbocycles. The third-order valence-electron chi connectivity index (χ3n) is 5.80. The molecule has 35 heavy (non-hydrogen) atoms. The number of nitrogens with zero attached hydrogens (tertiary/aromatic N) is 1. The van der Waals surface area contributed by atoms with E-state index in [4.69, 9.17) is 9.15 Å². The van der Waals surface area contributed by atoms with Crippen molar-refractivity contribution < 1.29 is 22.4 Å². The highest BCUT2D eigenvalue weighted by Gasteiger charge is 2.27. The molecule has 182 valence electrons. The van der Waals surface area contributed by atoms with E-state index in [0.717, 1.165) is 16.5 Å². The molecule has 1 N–H and O–H groups in total. The first-order valence-corrected chi connectivity index (χ1v) is 12.6. The number of hydrogen-bond donors (Lipinski definition) is 1. The van der Waals surface area contributed by atoms with Gasteiger partial charge in [0.2, 0.25) is 10.0 Å². The SMILES string of the molecule is CCOC(=O)c1ccc(S(=O)(=O)N(Cc2ccco2)Cc2cc3cc(C)c(C)cc3[nH]c2=O)cc1. The number of hydrogen-bond acceptors (Lipinski definition) is 6. The maximum absolute atomic E-state index is 13.6. The third kappa shape index (κ3) is 5.21. The lowest BCUT2D eigenvalue weighted by molar-refractivity contribution is 0.0526. The van der Waals surface area contributed by atoms with E-state index in [2.05, 4.69) is 4.98 Å². The molecule has 0 fully saturated rings. The zero-order chi connectivity index (χ0) is 25.2. The van der Waals surface area contributed by atoms with Crippen LogP contribution in [0.3, 0.4) is 0 Å². The number of H-pyrrole nitrogens is 1. The van der Waals surface area contributed by atoms with Crippen LogP contribution < -0.4 is 5.56 Å². The Kier molecular flexibility index (Phi) is 6.90. The van der Waals surface area contributed by atoms with E-state index in [1.165, 1.54) is 34.8 Å². The van der Waals surface area contributed by atoms with Gasteiger partial charge in [0.25, 0.3) is 5.56 Å². The van der Waals surface area contributed by atoms with Gasteiger partial charge in [0.1, 0.15) is 5.76 Å². The molecule has 0 bridgehead atoms. The van der Waals surface area contributed by atoms with Gasteiger partial charge in [-0.05, 0) is 91.9 Å². The molecular formula is C26H26N2O6S. The van der Waals surface area contributed by atoms with Gasteiger partial charge in [0.05, 0.1) is 29.9 Å². The van der Waals surface area contributed by atoms with Crippen molar-refractivity contribution in [2.75, 3.05) is 6.61 Å². The van der Waals surface area contributed by atoms with Crippen LogP contribution in [-0.4, -0.2) is 30.3 Å². The molecule has 0 atom stereocenters. The van der Waals surface area contributed by atoms with Crippen molar-refractivity contribution in [2.45, 2.75) is 38.8 Å². The van der Waals surface area contributed by atoms with Gasteiger partial charge >= 0.3 is 5.97 Å². The van der Waals surface area contributed by atoms with E-state index in [9.17, 15) is 18.0 Å². The summed E-state index contributed by atoms with van der Waals surface area (Å²) in [6.45, 7) is 5.62. The van der Waals surface area contributed by atoms with Crippen LogP contribution in [0.15, 0.2) is 75.0 Å². The number of furan rings is 1. The zero-order valence-corrected chi connectivity index (χ0v) is 20.5. The summed E-state index contributed by atoms with van der Waals surface area (Å²) in [7, 11) is -4.05. The highest BCUT2D eigenvalue weighted by molar-refractivity contribution is 7.89. The Morgan fingerprint density at radius 1 is 1.03 bits per heavy atom. The van der Waals surface area contributed by atoms with Crippen LogP contribution in [0.1, 0.15) is 39.7 Å². The zero-order valence-electron chi connectivity index (χ0n) is 19.7. The lowest BCUT2D eigenvalue weighted by Crippen LogP contribution is -2.32. The van der Waals surface area contributed by atoms with Gasteiger partial charge in [-0.1, -0.05) is 0 Å². The molecule has 2 aromatic heterocycles. The Morgan fingerprint density at radius 3 is 2.40 bits per heavy atom. The van der Waals surface area contributed by atoms with Crippen molar-refractivity contribution in [1.82, 2.24) is 9.29 Å². The van der Waals surface area contributed by atoms with Crippen LogP contribution >= 0.6 is 0 Å².